The molecule has 2 aromatic rings. The molecule has 0 unspecified atom stereocenters. The highest BCUT2D eigenvalue weighted by Gasteiger charge is 2.03. The van der Waals surface area contributed by atoms with Gasteiger partial charge in [0.25, 0.3) is 0 Å². The molecule has 0 spiro atoms. The normalized spacial score (nSPS) is 10.6. The van der Waals surface area contributed by atoms with Crippen LogP contribution >= 0.6 is 11.8 Å². The van der Waals surface area contributed by atoms with Crippen molar-refractivity contribution in [3.05, 3.63) is 41.9 Å². The highest BCUT2D eigenvalue weighted by molar-refractivity contribution is 7.99. The number of thioether (sulfide) groups is 1. The van der Waals surface area contributed by atoms with Gasteiger partial charge in [-0.15, -0.1) is 11.8 Å². The smallest absolute Gasteiger partial charge is 0.126 e. The van der Waals surface area contributed by atoms with Crippen LogP contribution in [0.15, 0.2) is 35.2 Å². The Morgan fingerprint density at radius 3 is 2.50 bits per heavy atom. The summed E-state index contributed by atoms with van der Waals surface area (Å²) in [6.45, 7) is 4.49. The van der Waals surface area contributed by atoms with Crippen LogP contribution in [0.4, 0.5) is 0 Å². The zero-order valence-electron chi connectivity index (χ0n) is 10.7. The van der Waals surface area contributed by atoms with Crippen molar-refractivity contribution in [3.8, 4) is 11.3 Å². The first-order valence-electron chi connectivity index (χ1n) is 6.00. The van der Waals surface area contributed by atoms with Crippen LogP contribution < -0.4 is 5.73 Å². The van der Waals surface area contributed by atoms with E-state index in [4.69, 9.17) is 5.73 Å². The van der Waals surface area contributed by atoms with E-state index in [1.165, 1.54) is 4.90 Å². The Morgan fingerprint density at radius 2 is 1.89 bits per heavy atom. The molecule has 0 radical (unpaired) electrons. The third-order valence-electron chi connectivity index (χ3n) is 2.56. The first-order chi connectivity index (χ1) is 8.72. The van der Waals surface area contributed by atoms with Crippen molar-refractivity contribution in [3.63, 3.8) is 0 Å². The van der Waals surface area contributed by atoms with Crippen molar-refractivity contribution in [1.82, 2.24) is 9.97 Å². The van der Waals surface area contributed by atoms with Gasteiger partial charge in [-0.3, -0.25) is 0 Å². The van der Waals surface area contributed by atoms with Crippen LogP contribution in [0, 0.1) is 6.92 Å². The number of aromatic nitrogens is 2. The lowest BCUT2D eigenvalue weighted by atomic mass is 10.1. The second kappa shape index (κ2) is 5.98. The molecule has 2 rings (SSSR count). The van der Waals surface area contributed by atoms with Crippen LogP contribution in [-0.2, 0) is 6.54 Å². The lowest BCUT2D eigenvalue weighted by molar-refractivity contribution is 0.929. The van der Waals surface area contributed by atoms with Gasteiger partial charge in [-0.1, -0.05) is 19.1 Å². The van der Waals surface area contributed by atoms with Gasteiger partial charge in [-0.25, -0.2) is 9.97 Å². The van der Waals surface area contributed by atoms with Gasteiger partial charge in [0.1, 0.15) is 5.82 Å². The van der Waals surface area contributed by atoms with E-state index in [1.807, 2.05) is 24.8 Å². The summed E-state index contributed by atoms with van der Waals surface area (Å²) in [6, 6.07) is 10.4. The fourth-order valence-corrected chi connectivity index (χ4v) is 2.43. The zero-order chi connectivity index (χ0) is 13.0. The van der Waals surface area contributed by atoms with Gasteiger partial charge in [0, 0.05) is 17.0 Å². The van der Waals surface area contributed by atoms with Crippen LogP contribution in [-0.4, -0.2) is 15.7 Å². The Bertz CT molecular complexity index is 523. The summed E-state index contributed by atoms with van der Waals surface area (Å²) in [4.78, 5) is 10.0. The minimum atomic E-state index is 0.445. The fourth-order valence-electron chi connectivity index (χ4n) is 1.77. The van der Waals surface area contributed by atoms with E-state index in [2.05, 4.69) is 41.2 Å². The molecular formula is C14H17N3S. The Balaban J connectivity index is 2.33. The lowest BCUT2D eigenvalue weighted by Gasteiger charge is -2.06. The average Bonchev–Trinajstić information content (AvgIpc) is 2.39. The maximum Gasteiger partial charge on any atom is 0.126 e. The number of benzene rings is 1. The van der Waals surface area contributed by atoms with Gasteiger partial charge < -0.3 is 5.73 Å². The summed E-state index contributed by atoms with van der Waals surface area (Å²) in [7, 11) is 0. The number of hydrogen-bond donors (Lipinski definition) is 1. The van der Waals surface area contributed by atoms with Crippen molar-refractivity contribution >= 4 is 11.8 Å². The number of nitrogens with two attached hydrogens (primary N) is 1. The van der Waals surface area contributed by atoms with E-state index in [0.29, 0.717) is 6.54 Å². The van der Waals surface area contributed by atoms with E-state index in [9.17, 15) is 0 Å². The highest BCUT2D eigenvalue weighted by atomic mass is 32.2. The molecule has 3 nitrogen and oxygen atoms in total. The molecule has 0 fully saturated rings. The first-order valence-corrected chi connectivity index (χ1v) is 6.99. The van der Waals surface area contributed by atoms with Crippen LogP contribution in [0.3, 0.4) is 0 Å². The van der Waals surface area contributed by atoms with Crippen LogP contribution in [0.1, 0.15) is 18.4 Å². The predicted octanol–water partition coefficient (Wildman–Crippen LogP) is 3.02. The fraction of sp³-hybridized carbons (Fsp3) is 0.286. The zero-order valence-corrected chi connectivity index (χ0v) is 11.5. The molecule has 4 heteroatoms. The predicted molar refractivity (Wildman–Crippen MR) is 76.5 cm³/mol. The first kappa shape index (κ1) is 13.1. The van der Waals surface area contributed by atoms with Gasteiger partial charge in [0.05, 0.1) is 11.4 Å². The molecule has 0 saturated heterocycles. The molecule has 2 N–H and O–H groups in total. The molecule has 94 valence electrons. The third-order valence-corrected chi connectivity index (χ3v) is 3.46. The van der Waals surface area contributed by atoms with Gasteiger partial charge in [-0.05, 0) is 30.9 Å². The van der Waals surface area contributed by atoms with E-state index < -0.39 is 0 Å². The monoisotopic (exact) mass is 259 g/mol. The number of aryl methyl sites for hydroxylation is 1. The van der Waals surface area contributed by atoms with Gasteiger partial charge >= 0.3 is 0 Å². The summed E-state index contributed by atoms with van der Waals surface area (Å²) in [5, 5.41) is 0. The van der Waals surface area contributed by atoms with E-state index in [-0.39, 0.29) is 0 Å². The third kappa shape index (κ3) is 3.09. The van der Waals surface area contributed by atoms with Gasteiger partial charge in [0.2, 0.25) is 0 Å². The molecule has 0 saturated carbocycles. The van der Waals surface area contributed by atoms with Crippen molar-refractivity contribution < 1.29 is 0 Å². The second-order valence-corrected chi connectivity index (χ2v) is 5.29. The minimum absolute atomic E-state index is 0.445. The van der Waals surface area contributed by atoms with Crippen molar-refractivity contribution in [2.24, 2.45) is 5.73 Å². The van der Waals surface area contributed by atoms with Crippen LogP contribution in [0.2, 0.25) is 0 Å². The molecule has 0 bridgehead atoms. The summed E-state index contributed by atoms with van der Waals surface area (Å²) < 4.78 is 0. The largest absolute Gasteiger partial charge is 0.325 e. The second-order valence-electron chi connectivity index (χ2n) is 3.95. The van der Waals surface area contributed by atoms with E-state index in [1.54, 1.807) is 0 Å². The number of nitrogens with zero attached hydrogens (tertiary/aromatic N) is 2. The van der Waals surface area contributed by atoms with Crippen LogP contribution in [0.5, 0.6) is 0 Å². The van der Waals surface area contributed by atoms with Crippen LogP contribution in [0.25, 0.3) is 11.3 Å². The Labute approximate surface area is 112 Å². The lowest BCUT2D eigenvalue weighted by Crippen LogP contribution is -2.03. The SMILES string of the molecule is CCSc1ccc(-c2cc(CN)nc(C)n2)cc1. The molecule has 1 heterocycles. The maximum absolute atomic E-state index is 5.64. The Hall–Kier alpha value is -1.39. The molecule has 1 aromatic carbocycles. The molecular weight excluding hydrogens is 242 g/mol. The summed E-state index contributed by atoms with van der Waals surface area (Å²) in [6.07, 6.45) is 0. The average molecular weight is 259 g/mol. The van der Waals surface area contributed by atoms with E-state index in [0.717, 1.165) is 28.5 Å². The summed E-state index contributed by atoms with van der Waals surface area (Å²) >= 11 is 1.84. The molecule has 1 aromatic heterocycles. The molecule has 0 aliphatic carbocycles. The standard InChI is InChI=1S/C14H17N3S/c1-3-18-13-6-4-11(5-7-13)14-8-12(9-15)16-10(2)17-14/h4-8H,3,9,15H2,1-2H3. The molecule has 0 aliphatic heterocycles. The maximum atomic E-state index is 5.64. The Morgan fingerprint density at radius 1 is 1.17 bits per heavy atom. The topological polar surface area (TPSA) is 51.8 Å². The summed E-state index contributed by atoms with van der Waals surface area (Å²) in [5.41, 5.74) is 8.56. The van der Waals surface area contributed by atoms with Gasteiger partial charge in [0.15, 0.2) is 0 Å². The number of hydrogen-bond acceptors (Lipinski definition) is 4. The summed E-state index contributed by atoms with van der Waals surface area (Å²) in [5.74, 6) is 1.85. The van der Waals surface area contributed by atoms with E-state index >= 15 is 0 Å². The number of rotatable bonds is 4. The molecule has 0 amide bonds. The highest BCUT2D eigenvalue weighted by Crippen LogP contribution is 2.23. The van der Waals surface area contributed by atoms with Crippen molar-refractivity contribution in [2.75, 3.05) is 5.75 Å². The Kier molecular flexibility index (Phi) is 4.33. The quantitative estimate of drug-likeness (QED) is 0.857. The van der Waals surface area contributed by atoms with Gasteiger partial charge in [-0.2, -0.15) is 0 Å². The van der Waals surface area contributed by atoms with Crippen molar-refractivity contribution in [2.45, 2.75) is 25.3 Å². The minimum Gasteiger partial charge on any atom is -0.325 e. The molecule has 0 atom stereocenters. The molecule has 18 heavy (non-hydrogen) atoms. The van der Waals surface area contributed by atoms with Crippen molar-refractivity contribution in [1.29, 1.82) is 0 Å². The molecule has 0 aliphatic rings.